The molecule has 556 valence electrons. The molecule has 1 aliphatic carbocycles. The number of nitrogens with two attached hydrogens (primary N) is 1. The molecule has 0 radical (unpaired) electrons. The average Bonchev–Trinajstić information content (AvgIpc) is 1.32. The van der Waals surface area contributed by atoms with E-state index in [4.69, 9.17) is 24.7 Å². The zero-order valence-corrected chi connectivity index (χ0v) is 63.4. The van der Waals surface area contributed by atoms with E-state index in [9.17, 15) is 53.5 Å². The minimum atomic E-state index is -1.46. The number of primary amides is 1. The molecule has 2 aliphatic rings. The standard InChI is InChI=1S/C68H106Br2N16O14/c1-15-40(6)60(85(12)68(96)58(38(2)3)82-67(95)59(39(4)5)84(10)11)54(97-13)34-57(89)86-26-16-17-53(86)61(98-14)41(7)62(90)78-47(37-74-83-72)31-44-18-21-46(22-19-44)77-66(94)50(33-55(71)87)81-64(92)43(9)76-63(91)42(8)75-56(88)24-27-99-29-30-100-28-25-73-65(93)45-20-23-48-49(32-45)80-52(36-70)51(35-69)79-48/h18-23,38-43,45,47,50,53-54,58-61H,15-17,24-37H2,1-14H3,(H2,71,87)(H,73,93)(H,75,88)(H,76,91)(H,77,94)(H,78,90)(H,81,92)(H,82,95)/t40-,41+,42-,43-,45?,47-,50-,53-,54+,58-,59-,60?,61+/m0/s1. The summed E-state index contributed by atoms with van der Waals surface area (Å²) in [5.41, 5.74) is 18.9. The van der Waals surface area contributed by atoms with Crippen LogP contribution in [0.15, 0.2) is 35.5 Å². The van der Waals surface area contributed by atoms with E-state index >= 15 is 0 Å². The number of nitrogens with zero attached hydrogens (tertiary/aromatic N) is 8. The molecule has 13 atom stereocenters. The van der Waals surface area contributed by atoms with Gasteiger partial charge in [0.15, 0.2) is 0 Å². The highest BCUT2D eigenvalue weighted by molar-refractivity contribution is 9.09. The van der Waals surface area contributed by atoms with Gasteiger partial charge in [-0.2, -0.15) is 0 Å². The molecule has 1 aromatic carbocycles. The average molecular weight is 1530 g/mol. The van der Waals surface area contributed by atoms with Crippen LogP contribution in [0.5, 0.6) is 0 Å². The number of fused-ring (bicyclic) bond motifs is 1. The fourth-order valence-electron chi connectivity index (χ4n) is 12.4. The molecular weight excluding hydrogens is 1420 g/mol. The third-order valence-corrected chi connectivity index (χ3v) is 19.0. The second-order valence-corrected chi connectivity index (χ2v) is 27.5. The molecular formula is C68H106Br2N16O14. The van der Waals surface area contributed by atoms with Crippen LogP contribution in [0.4, 0.5) is 5.69 Å². The van der Waals surface area contributed by atoms with Gasteiger partial charge in [0.1, 0.15) is 24.2 Å². The summed E-state index contributed by atoms with van der Waals surface area (Å²) in [6, 6.07) is -0.374. The molecule has 2 aromatic rings. The number of azide groups is 1. The Morgan fingerprint density at radius 1 is 0.770 bits per heavy atom. The van der Waals surface area contributed by atoms with Gasteiger partial charge >= 0.3 is 0 Å². The zero-order chi connectivity index (χ0) is 74.5. The fourth-order valence-corrected chi connectivity index (χ4v) is 13.3. The smallest absolute Gasteiger partial charge is 0.247 e. The van der Waals surface area contributed by atoms with Gasteiger partial charge in [-0.05, 0) is 94.3 Å². The minimum Gasteiger partial charge on any atom is -0.379 e. The van der Waals surface area contributed by atoms with Crippen molar-refractivity contribution in [3.63, 3.8) is 0 Å². The van der Waals surface area contributed by atoms with Crippen molar-refractivity contribution >= 4 is 103 Å². The molecule has 100 heavy (non-hydrogen) atoms. The van der Waals surface area contributed by atoms with E-state index in [1.54, 1.807) is 48.0 Å². The maximum Gasteiger partial charge on any atom is 0.247 e. The molecule has 0 spiro atoms. The molecule has 32 heteroatoms. The number of amides is 10. The van der Waals surface area contributed by atoms with E-state index in [-0.39, 0.29) is 112 Å². The SMILES string of the molecule is CC[C@H](C)C([C@@H](CC(=O)N1CCC[C@H]1[C@H](OC)[C@@H](C)C(=O)N[C@H](CN=[N+]=[N-])Cc1ccc(NC(=O)[C@H](CC(N)=O)NC(=O)[C@H](C)NC(=O)[C@H](C)NC(=O)CCOCCOCCNC(=O)C2C=Cc3nc(CBr)c(CBr)nc3C2)cc1)OC)N(C)C(=O)[C@@H](NC(=O)[C@H](C(C)C)N(C)C)C(C)C. The molecule has 10 amide bonds. The third kappa shape index (κ3) is 26.0. The minimum absolute atomic E-state index is 0.0112. The number of hydrogen-bond donors (Lipinski definition) is 8. The number of methoxy groups -OCH3 is 2. The van der Waals surface area contributed by atoms with Crippen LogP contribution in [-0.4, -0.2) is 226 Å². The summed E-state index contributed by atoms with van der Waals surface area (Å²) in [6.45, 7) is 17.3. The number of halogens is 2. The first kappa shape index (κ1) is 85.2. The Balaban J connectivity index is 1.25. The van der Waals surface area contributed by atoms with Gasteiger partial charge in [-0.25, -0.2) is 4.98 Å². The summed E-state index contributed by atoms with van der Waals surface area (Å²) >= 11 is 6.88. The Bertz CT molecular complexity index is 3150. The number of rotatable bonds is 43. The summed E-state index contributed by atoms with van der Waals surface area (Å²) < 4.78 is 23.2. The van der Waals surface area contributed by atoms with Crippen molar-refractivity contribution in [2.45, 2.75) is 185 Å². The van der Waals surface area contributed by atoms with Gasteiger partial charge < -0.3 is 71.7 Å². The first-order valence-electron chi connectivity index (χ1n) is 34.1. The summed E-state index contributed by atoms with van der Waals surface area (Å²) in [7, 11) is 8.34. The number of aromatic nitrogens is 2. The molecule has 9 N–H and O–H groups in total. The Labute approximate surface area is 604 Å². The Morgan fingerprint density at radius 2 is 1.41 bits per heavy atom. The van der Waals surface area contributed by atoms with E-state index in [2.05, 4.69) is 89.1 Å². The number of anilines is 1. The highest BCUT2D eigenvalue weighted by atomic mass is 79.9. The molecule has 0 bridgehead atoms. The van der Waals surface area contributed by atoms with Crippen molar-refractivity contribution in [3.05, 3.63) is 69.1 Å². The van der Waals surface area contributed by atoms with E-state index < -0.39 is 108 Å². The van der Waals surface area contributed by atoms with Crippen molar-refractivity contribution in [1.82, 2.24) is 56.6 Å². The van der Waals surface area contributed by atoms with Gasteiger partial charge in [-0.15, -0.1) is 0 Å². The fraction of sp³-hybridized carbons (Fsp3) is 0.676. The van der Waals surface area contributed by atoms with Gasteiger partial charge in [-0.1, -0.05) is 110 Å². The Hall–Kier alpha value is -7.19. The van der Waals surface area contributed by atoms with Crippen molar-refractivity contribution in [2.75, 3.05) is 86.7 Å². The lowest BCUT2D eigenvalue weighted by Gasteiger charge is -2.41. The summed E-state index contributed by atoms with van der Waals surface area (Å²) in [6.07, 6.45) is 3.87. The molecule has 2 heterocycles. The lowest BCUT2D eigenvalue weighted by atomic mass is 9.89. The number of carbonyl (C=O) groups is 10. The van der Waals surface area contributed by atoms with Crippen molar-refractivity contribution in [3.8, 4) is 0 Å². The van der Waals surface area contributed by atoms with Crippen LogP contribution in [0.2, 0.25) is 0 Å². The number of ether oxygens (including phenoxy) is 4. The molecule has 0 saturated carbocycles. The van der Waals surface area contributed by atoms with Crippen molar-refractivity contribution < 1.29 is 66.9 Å². The normalized spacial score (nSPS) is 17.5. The number of likely N-dealkylation sites (tertiary alicyclic amines) is 1. The monoisotopic (exact) mass is 1530 g/mol. The predicted octanol–water partition coefficient (Wildman–Crippen LogP) is 3.98. The maximum atomic E-state index is 14.5. The third-order valence-electron chi connectivity index (χ3n) is 18.0. The van der Waals surface area contributed by atoms with Crippen LogP contribution in [0.3, 0.4) is 0 Å². The van der Waals surface area contributed by atoms with Gasteiger partial charge in [0.25, 0.3) is 0 Å². The Morgan fingerprint density at radius 3 is 2.00 bits per heavy atom. The molecule has 30 nitrogen and oxygen atoms in total. The van der Waals surface area contributed by atoms with E-state index in [0.717, 1.165) is 22.8 Å². The first-order valence-corrected chi connectivity index (χ1v) is 36.3. The van der Waals surface area contributed by atoms with Crippen LogP contribution < -0.4 is 43.0 Å². The van der Waals surface area contributed by atoms with Gasteiger partial charge in [0.05, 0.1) is 104 Å². The van der Waals surface area contributed by atoms with E-state index in [1.165, 1.54) is 28.1 Å². The lowest BCUT2D eigenvalue weighted by Crippen LogP contribution is -2.59. The topological polar surface area (TPSA) is 402 Å². The van der Waals surface area contributed by atoms with E-state index in [0.29, 0.717) is 48.5 Å². The highest BCUT2D eigenvalue weighted by Crippen LogP contribution is 2.31. The van der Waals surface area contributed by atoms with Crippen molar-refractivity contribution in [1.29, 1.82) is 0 Å². The summed E-state index contributed by atoms with van der Waals surface area (Å²) in [5.74, 6) is -6.65. The molecule has 2 unspecified atom stereocenters. The second kappa shape index (κ2) is 42.9. The number of hydrogen-bond acceptors (Lipinski definition) is 18. The number of benzene rings is 1. The second-order valence-electron chi connectivity index (χ2n) is 26.4. The Kier molecular flexibility index (Phi) is 36.6. The number of likely N-dealkylation sites (N-methyl/N-ethyl adjacent to an activating group) is 2. The zero-order valence-electron chi connectivity index (χ0n) is 60.3. The number of nitrogens with one attached hydrogen (secondary N) is 7. The molecule has 1 fully saturated rings. The van der Waals surface area contributed by atoms with Crippen LogP contribution in [0, 0.1) is 29.6 Å². The molecule has 4 rings (SSSR count). The summed E-state index contributed by atoms with van der Waals surface area (Å²) in [5, 5.41) is 23.9. The number of carbonyl (C=O) groups excluding carboxylic acids is 10. The van der Waals surface area contributed by atoms with Gasteiger partial charge in [0.2, 0.25) is 59.1 Å². The predicted molar refractivity (Wildman–Crippen MR) is 384 cm³/mol. The van der Waals surface area contributed by atoms with Gasteiger partial charge in [-0.3, -0.25) is 57.8 Å². The van der Waals surface area contributed by atoms with E-state index in [1.807, 2.05) is 72.7 Å². The molecule has 1 saturated heterocycles. The lowest BCUT2D eigenvalue weighted by molar-refractivity contribution is -0.148. The van der Waals surface area contributed by atoms with Crippen LogP contribution in [0.1, 0.15) is 129 Å². The van der Waals surface area contributed by atoms with Crippen LogP contribution >= 0.6 is 31.9 Å². The van der Waals surface area contributed by atoms with Gasteiger partial charge in [0, 0.05) is 81.0 Å². The quantitative estimate of drug-likeness (QED) is 0.0153. The number of alkyl halides is 2. The largest absolute Gasteiger partial charge is 0.379 e. The maximum absolute atomic E-state index is 14.5. The molecule has 1 aliphatic heterocycles. The summed E-state index contributed by atoms with van der Waals surface area (Å²) in [4.78, 5) is 152. The highest BCUT2D eigenvalue weighted by Gasteiger charge is 2.44. The van der Waals surface area contributed by atoms with Crippen LogP contribution in [-0.2, 0) is 90.4 Å². The van der Waals surface area contributed by atoms with Crippen molar-refractivity contribution in [2.24, 2.45) is 40.4 Å². The van der Waals surface area contributed by atoms with Crippen LogP contribution in [0.25, 0.3) is 16.5 Å². The molecule has 1 aromatic heterocycles. The first-order chi connectivity index (χ1) is 47.4.